The number of piperidine rings is 1. The minimum absolute atomic E-state index is 0.493. The van der Waals surface area contributed by atoms with Crippen molar-refractivity contribution in [3.63, 3.8) is 0 Å². The molecule has 1 aliphatic heterocycles. The molecule has 0 aliphatic carbocycles. The number of likely N-dealkylation sites (tertiary alicyclic amines) is 1. The molecule has 3 rings (SSSR count). The summed E-state index contributed by atoms with van der Waals surface area (Å²) in [6.07, 6.45) is 5.74. The highest BCUT2D eigenvalue weighted by Crippen LogP contribution is 2.25. The molecule has 0 spiro atoms. The number of aryl methyl sites for hydroxylation is 2. The first-order valence-corrected chi connectivity index (χ1v) is 9.56. The van der Waals surface area contributed by atoms with Crippen molar-refractivity contribution in [1.29, 1.82) is 0 Å². The van der Waals surface area contributed by atoms with Gasteiger partial charge in [0.05, 0.1) is 11.2 Å². The molecule has 126 valence electrons. The molecule has 23 heavy (non-hydrogen) atoms. The zero-order valence-electron chi connectivity index (χ0n) is 14.7. The molecule has 1 unspecified atom stereocenters. The number of thiazole rings is 1. The maximum Gasteiger partial charge on any atom is 0.109 e. The minimum atomic E-state index is 0.493. The summed E-state index contributed by atoms with van der Waals surface area (Å²) in [6.45, 7) is 12.2. The number of nitrogens with zero attached hydrogens (tertiary/aromatic N) is 4. The average Bonchev–Trinajstić information content (AvgIpc) is 3.06. The van der Waals surface area contributed by atoms with E-state index in [0.29, 0.717) is 6.04 Å². The second-order valence-corrected chi connectivity index (χ2v) is 8.03. The number of rotatable bonds is 5. The van der Waals surface area contributed by atoms with Crippen LogP contribution in [-0.4, -0.2) is 32.5 Å². The van der Waals surface area contributed by atoms with Crippen LogP contribution in [-0.2, 0) is 13.0 Å². The molecule has 0 aromatic carbocycles. The van der Waals surface area contributed by atoms with Crippen molar-refractivity contribution in [2.24, 2.45) is 5.92 Å². The van der Waals surface area contributed by atoms with Gasteiger partial charge in [-0.1, -0.05) is 0 Å². The molecular weight excluding hydrogens is 304 g/mol. The first-order chi connectivity index (χ1) is 11.0. The summed E-state index contributed by atoms with van der Waals surface area (Å²) in [5.41, 5.74) is 4.44. The van der Waals surface area contributed by atoms with Crippen LogP contribution < -0.4 is 0 Å². The summed E-state index contributed by atoms with van der Waals surface area (Å²) >= 11 is 1.79. The highest BCUT2D eigenvalue weighted by Gasteiger charge is 2.23. The van der Waals surface area contributed by atoms with Gasteiger partial charge >= 0.3 is 0 Å². The first-order valence-electron chi connectivity index (χ1n) is 8.68. The molecule has 0 bridgehead atoms. The van der Waals surface area contributed by atoms with Crippen molar-refractivity contribution < 1.29 is 0 Å². The smallest absolute Gasteiger partial charge is 0.109 e. The molecule has 0 N–H and O–H groups in total. The predicted octanol–water partition coefficient (Wildman–Crippen LogP) is 3.99. The zero-order chi connectivity index (χ0) is 16.4. The third-order valence-electron chi connectivity index (χ3n) is 4.86. The number of hydrogen-bond acceptors (Lipinski definition) is 4. The highest BCUT2D eigenvalue weighted by molar-refractivity contribution is 7.09. The molecule has 1 saturated heterocycles. The largest absolute Gasteiger partial charge is 0.330 e. The Bertz CT molecular complexity index is 643. The molecule has 4 nitrogen and oxygen atoms in total. The van der Waals surface area contributed by atoms with E-state index in [-0.39, 0.29) is 0 Å². The van der Waals surface area contributed by atoms with Crippen LogP contribution in [0, 0.1) is 19.8 Å². The molecule has 0 saturated carbocycles. The van der Waals surface area contributed by atoms with E-state index < -0.39 is 0 Å². The van der Waals surface area contributed by atoms with Gasteiger partial charge in [-0.3, -0.25) is 4.90 Å². The normalized spacial score (nSPS) is 19.6. The zero-order valence-corrected chi connectivity index (χ0v) is 15.6. The SMILES string of the molecule is Cc1ncsc1CN1CCCC(Cc2ncc(C)n2C(C)C)C1. The van der Waals surface area contributed by atoms with E-state index in [1.165, 1.54) is 48.0 Å². The Kier molecular flexibility index (Phi) is 5.17. The van der Waals surface area contributed by atoms with Crippen molar-refractivity contribution in [1.82, 2.24) is 19.4 Å². The summed E-state index contributed by atoms with van der Waals surface area (Å²) < 4.78 is 2.40. The minimum Gasteiger partial charge on any atom is -0.330 e. The van der Waals surface area contributed by atoms with Gasteiger partial charge in [0.2, 0.25) is 0 Å². The molecule has 5 heteroatoms. The molecule has 3 heterocycles. The standard InChI is InChI=1S/C18H28N4S/c1-13(2)22-14(3)9-19-18(22)8-16-6-5-7-21(10-16)11-17-15(4)20-12-23-17/h9,12-13,16H,5-8,10-11H2,1-4H3. The summed E-state index contributed by atoms with van der Waals surface area (Å²) in [4.78, 5) is 13.1. The van der Waals surface area contributed by atoms with Crippen LogP contribution in [0.5, 0.6) is 0 Å². The Balaban J connectivity index is 1.64. The lowest BCUT2D eigenvalue weighted by atomic mass is 9.94. The van der Waals surface area contributed by atoms with Gasteiger partial charge in [-0.05, 0) is 53.0 Å². The molecule has 0 radical (unpaired) electrons. The second-order valence-electron chi connectivity index (χ2n) is 7.09. The highest BCUT2D eigenvalue weighted by atomic mass is 32.1. The second kappa shape index (κ2) is 7.14. The van der Waals surface area contributed by atoms with Gasteiger partial charge in [0.15, 0.2) is 0 Å². The topological polar surface area (TPSA) is 34.0 Å². The summed E-state index contributed by atoms with van der Waals surface area (Å²) in [5.74, 6) is 1.98. The van der Waals surface area contributed by atoms with Crippen molar-refractivity contribution in [2.75, 3.05) is 13.1 Å². The fourth-order valence-electron chi connectivity index (χ4n) is 3.75. The lowest BCUT2D eigenvalue weighted by molar-refractivity contribution is 0.166. The third kappa shape index (κ3) is 3.83. The Morgan fingerprint density at radius 1 is 1.30 bits per heavy atom. The Morgan fingerprint density at radius 2 is 2.13 bits per heavy atom. The van der Waals surface area contributed by atoms with E-state index in [1.807, 2.05) is 11.7 Å². The fraction of sp³-hybridized carbons (Fsp3) is 0.667. The van der Waals surface area contributed by atoms with Crippen molar-refractivity contribution in [3.05, 3.63) is 33.8 Å². The van der Waals surface area contributed by atoms with Gasteiger partial charge in [-0.25, -0.2) is 9.97 Å². The molecule has 0 amide bonds. The van der Waals surface area contributed by atoms with Gasteiger partial charge < -0.3 is 4.57 Å². The van der Waals surface area contributed by atoms with Crippen molar-refractivity contribution >= 4 is 11.3 Å². The van der Waals surface area contributed by atoms with Crippen LogP contribution >= 0.6 is 11.3 Å². The molecule has 1 aliphatic rings. The molecule has 2 aromatic heterocycles. The number of hydrogen-bond donors (Lipinski definition) is 0. The van der Waals surface area contributed by atoms with Gasteiger partial charge in [0.25, 0.3) is 0 Å². The van der Waals surface area contributed by atoms with Crippen molar-refractivity contribution in [2.45, 2.75) is 59.5 Å². The maximum atomic E-state index is 4.68. The van der Waals surface area contributed by atoms with Crippen LogP contribution in [0.25, 0.3) is 0 Å². The van der Waals surface area contributed by atoms with Crippen LogP contribution in [0.3, 0.4) is 0 Å². The van der Waals surface area contributed by atoms with Gasteiger partial charge in [-0.15, -0.1) is 11.3 Å². The summed E-state index contributed by atoms with van der Waals surface area (Å²) in [5, 5.41) is 0. The van der Waals surface area contributed by atoms with Crippen LogP contribution in [0.2, 0.25) is 0 Å². The number of imidazole rings is 1. The lowest BCUT2D eigenvalue weighted by Gasteiger charge is -2.32. The summed E-state index contributed by atoms with van der Waals surface area (Å²) in [7, 11) is 0. The van der Waals surface area contributed by atoms with Crippen LogP contribution in [0.4, 0.5) is 0 Å². The fourth-order valence-corrected chi connectivity index (χ4v) is 4.57. The van der Waals surface area contributed by atoms with E-state index in [1.54, 1.807) is 11.3 Å². The van der Waals surface area contributed by atoms with E-state index >= 15 is 0 Å². The Morgan fingerprint density at radius 3 is 2.83 bits per heavy atom. The molecule has 1 atom stereocenters. The Hall–Kier alpha value is -1.20. The van der Waals surface area contributed by atoms with Crippen LogP contribution in [0.1, 0.15) is 54.8 Å². The summed E-state index contributed by atoms with van der Waals surface area (Å²) in [6, 6.07) is 0.493. The average molecular weight is 333 g/mol. The predicted molar refractivity (Wildman–Crippen MR) is 95.9 cm³/mol. The molecule has 1 fully saturated rings. The quantitative estimate of drug-likeness (QED) is 0.830. The van der Waals surface area contributed by atoms with E-state index in [9.17, 15) is 0 Å². The maximum absolute atomic E-state index is 4.68. The van der Waals surface area contributed by atoms with Crippen molar-refractivity contribution in [3.8, 4) is 0 Å². The molecule has 2 aromatic rings. The van der Waals surface area contributed by atoms with Gasteiger partial charge in [-0.2, -0.15) is 0 Å². The van der Waals surface area contributed by atoms with Gasteiger partial charge in [0.1, 0.15) is 5.82 Å². The molecular formula is C18H28N4S. The number of aromatic nitrogens is 3. The first kappa shape index (κ1) is 16.7. The van der Waals surface area contributed by atoms with E-state index in [2.05, 4.69) is 47.1 Å². The van der Waals surface area contributed by atoms with Gasteiger partial charge in [0, 0.05) is 42.3 Å². The van der Waals surface area contributed by atoms with E-state index in [0.717, 1.165) is 18.9 Å². The van der Waals surface area contributed by atoms with Crippen LogP contribution in [0.15, 0.2) is 11.7 Å². The lowest BCUT2D eigenvalue weighted by Crippen LogP contribution is -2.36. The van der Waals surface area contributed by atoms with E-state index in [4.69, 9.17) is 0 Å². The monoisotopic (exact) mass is 332 g/mol. The third-order valence-corrected chi connectivity index (χ3v) is 5.78. The Labute approximate surface area is 143 Å².